The number of quaternary nitrogens is 1. The highest BCUT2D eigenvalue weighted by Crippen LogP contribution is 2.38. The third-order valence-corrected chi connectivity index (χ3v) is 10.4. The minimum absolute atomic E-state index is 0.0252. The van der Waals surface area contributed by atoms with Crippen LogP contribution in [0.4, 0.5) is 0 Å². The molecule has 0 saturated heterocycles. The lowest BCUT2D eigenvalue weighted by Crippen LogP contribution is -2.37. The molecule has 0 heterocycles. The van der Waals surface area contributed by atoms with E-state index >= 15 is 0 Å². The van der Waals surface area contributed by atoms with E-state index in [-0.39, 0.29) is 25.8 Å². The van der Waals surface area contributed by atoms with Crippen molar-refractivity contribution in [2.24, 2.45) is 0 Å². The maximum absolute atomic E-state index is 12.7. The van der Waals surface area contributed by atoms with Crippen LogP contribution in [0.5, 0.6) is 0 Å². The Balaban J connectivity index is 4.23. The molecule has 0 saturated carbocycles. The number of hydrogen-bond donors (Lipinski definition) is 0. The summed E-state index contributed by atoms with van der Waals surface area (Å²) in [6.07, 6.45) is 41.8. The van der Waals surface area contributed by atoms with Gasteiger partial charge in [0, 0.05) is 13.0 Å². The number of likely N-dealkylation sites (N-methyl/N-ethyl adjacent to an activating group) is 1. The minimum atomic E-state index is -4.52. The number of rotatable bonds is 41. The summed E-state index contributed by atoms with van der Waals surface area (Å²) >= 11 is 0. The smallest absolute Gasteiger partial charge is 0.306 e. The molecule has 314 valence electrons. The molecule has 0 aliphatic heterocycles. The van der Waals surface area contributed by atoms with Crippen LogP contribution in [0.1, 0.15) is 194 Å². The molecule has 0 amide bonds. The third kappa shape index (κ3) is 42.0. The highest BCUT2D eigenvalue weighted by atomic mass is 31.2. The summed E-state index contributed by atoms with van der Waals surface area (Å²) < 4.78 is 34.6. The van der Waals surface area contributed by atoms with E-state index < -0.39 is 13.9 Å². The Morgan fingerprint density at radius 2 is 0.981 bits per heavy atom. The number of phosphoric ester groups is 1. The Morgan fingerprint density at radius 1 is 0.566 bits per heavy atom. The molecule has 0 fully saturated rings. The van der Waals surface area contributed by atoms with E-state index in [9.17, 15) is 14.3 Å². The summed E-state index contributed by atoms with van der Waals surface area (Å²) in [4.78, 5) is 25.0. The number of esters is 1. The summed E-state index contributed by atoms with van der Waals surface area (Å²) in [5.41, 5.74) is 0. The zero-order valence-corrected chi connectivity index (χ0v) is 36.4. The summed E-state index contributed by atoms with van der Waals surface area (Å²) in [6.45, 7) is 5.39. The molecular formula is C44H86NO7P. The van der Waals surface area contributed by atoms with Crippen LogP contribution in [0, 0.1) is 0 Å². The maximum Gasteiger partial charge on any atom is 0.306 e. The minimum Gasteiger partial charge on any atom is -0.756 e. The molecule has 0 spiro atoms. The molecule has 0 radical (unpaired) electrons. The molecule has 0 aliphatic rings. The quantitative estimate of drug-likeness (QED) is 0.0201. The van der Waals surface area contributed by atoms with Crippen molar-refractivity contribution >= 4 is 13.8 Å². The van der Waals surface area contributed by atoms with Crippen molar-refractivity contribution in [3.8, 4) is 0 Å². The van der Waals surface area contributed by atoms with Gasteiger partial charge in [0.1, 0.15) is 19.3 Å². The van der Waals surface area contributed by atoms with Gasteiger partial charge in [0.05, 0.1) is 34.4 Å². The predicted molar refractivity (Wildman–Crippen MR) is 222 cm³/mol. The predicted octanol–water partition coefficient (Wildman–Crippen LogP) is 12.2. The van der Waals surface area contributed by atoms with E-state index in [1.165, 1.54) is 141 Å². The molecule has 2 atom stereocenters. The topological polar surface area (TPSA) is 94.1 Å². The number of ether oxygens (including phenoxy) is 2. The van der Waals surface area contributed by atoms with E-state index in [2.05, 4.69) is 38.2 Å². The van der Waals surface area contributed by atoms with Gasteiger partial charge in [-0.25, -0.2) is 0 Å². The van der Waals surface area contributed by atoms with Crippen molar-refractivity contribution in [1.29, 1.82) is 0 Å². The summed E-state index contributed by atoms with van der Waals surface area (Å²) in [7, 11) is 1.35. The Kier molecular flexibility index (Phi) is 37.2. The molecule has 0 N–H and O–H groups in total. The first-order valence-corrected chi connectivity index (χ1v) is 23.5. The van der Waals surface area contributed by atoms with Crippen LogP contribution in [-0.4, -0.2) is 70.7 Å². The Labute approximate surface area is 328 Å². The van der Waals surface area contributed by atoms with Crippen molar-refractivity contribution in [1.82, 2.24) is 0 Å². The van der Waals surface area contributed by atoms with E-state index in [0.717, 1.165) is 32.1 Å². The van der Waals surface area contributed by atoms with Gasteiger partial charge in [-0.3, -0.25) is 9.36 Å². The molecule has 0 aromatic heterocycles. The zero-order valence-electron chi connectivity index (χ0n) is 35.5. The van der Waals surface area contributed by atoms with Gasteiger partial charge < -0.3 is 27.9 Å². The van der Waals surface area contributed by atoms with Crippen LogP contribution in [0.15, 0.2) is 24.3 Å². The first kappa shape index (κ1) is 52.0. The second kappa shape index (κ2) is 37.9. The molecule has 0 rings (SSSR count). The van der Waals surface area contributed by atoms with E-state index in [1.54, 1.807) is 0 Å². The standard InChI is InChI=1S/C44H86NO7P/c1-6-8-10-12-14-16-18-20-22-23-24-25-27-29-31-33-35-37-44(46)52-43(42-51-53(47,48)50-40-38-45(3,4)5)41-49-39-36-34-32-30-28-26-21-19-17-15-13-11-9-7-2/h17,19-20,22,43H,6-16,18,21,23-42H2,1-5H3/b19-17-,22-20-. The van der Waals surface area contributed by atoms with Gasteiger partial charge in [-0.15, -0.1) is 0 Å². The summed E-state index contributed by atoms with van der Waals surface area (Å²) in [5.74, 6) is -0.340. The molecule has 53 heavy (non-hydrogen) atoms. The average molecular weight is 772 g/mol. The van der Waals surface area contributed by atoms with Crippen molar-refractivity contribution in [2.75, 3.05) is 54.1 Å². The molecular weight excluding hydrogens is 685 g/mol. The van der Waals surface area contributed by atoms with Gasteiger partial charge in [0.15, 0.2) is 0 Å². The van der Waals surface area contributed by atoms with Crippen molar-refractivity contribution in [3.05, 3.63) is 24.3 Å². The van der Waals surface area contributed by atoms with E-state index in [1.807, 2.05) is 21.1 Å². The van der Waals surface area contributed by atoms with Gasteiger partial charge in [-0.2, -0.15) is 0 Å². The van der Waals surface area contributed by atoms with Crippen LogP contribution < -0.4 is 4.89 Å². The molecule has 0 bridgehead atoms. The lowest BCUT2D eigenvalue weighted by molar-refractivity contribution is -0.870. The largest absolute Gasteiger partial charge is 0.756 e. The van der Waals surface area contributed by atoms with Crippen molar-refractivity contribution < 1.29 is 37.3 Å². The highest BCUT2D eigenvalue weighted by molar-refractivity contribution is 7.45. The molecule has 0 aromatic rings. The van der Waals surface area contributed by atoms with Gasteiger partial charge in [-0.05, 0) is 64.2 Å². The molecule has 2 unspecified atom stereocenters. The molecule has 0 aromatic carbocycles. The van der Waals surface area contributed by atoms with Gasteiger partial charge in [0.2, 0.25) is 0 Å². The first-order chi connectivity index (χ1) is 25.6. The number of nitrogens with zero attached hydrogens (tertiary/aromatic N) is 1. The number of carbonyl (C=O) groups is 1. The van der Waals surface area contributed by atoms with Crippen LogP contribution in [0.25, 0.3) is 0 Å². The fraction of sp³-hybridized carbons (Fsp3) is 0.886. The highest BCUT2D eigenvalue weighted by Gasteiger charge is 2.20. The van der Waals surface area contributed by atoms with Crippen molar-refractivity contribution in [2.45, 2.75) is 200 Å². The van der Waals surface area contributed by atoms with Crippen LogP contribution in [0.3, 0.4) is 0 Å². The molecule has 8 nitrogen and oxygen atoms in total. The van der Waals surface area contributed by atoms with Gasteiger partial charge >= 0.3 is 5.97 Å². The lowest BCUT2D eigenvalue weighted by Gasteiger charge is -2.28. The first-order valence-electron chi connectivity index (χ1n) is 22.1. The molecule has 9 heteroatoms. The van der Waals surface area contributed by atoms with Crippen molar-refractivity contribution in [3.63, 3.8) is 0 Å². The van der Waals surface area contributed by atoms with Crippen LogP contribution in [-0.2, 0) is 27.9 Å². The monoisotopic (exact) mass is 772 g/mol. The van der Waals surface area contributed by atoms with Gasteiger partial charge in [0.25, 0.3) is 7.82 Å². The third-order valence-electron chi connectivity index (χ3n) is 9.48. The Hall–Kier alpha value is -1.02. The number of unbranched alkanes of at least 4 members (excludes halogenated alkanes) is 23. The number of phosphoric acid groups is 1. The molecule has 0 aliphatic carbocycles. The van der Waals surface area contributed by atoms with E-state index in [0.29, 0.717) is 24.1 Å². The maximum atomic E-state index is 12.7. The summed E-state index contributed by atoms with van der Waals surface area (Å²) in [5, 5.41) is 0. The second-order valence-electron chi connectivity index (χ2n) is 16.0. The number of allylic oxidation sites excluding steroid dienone is 4. The Morgan fingerprint density at radius 3 is 1.45 bits per heavy atom. The fourth-order valence-electron chi connectivity index (χ4n) is 6.01. The van der Waals surface area contributed by atoms with E-state index in [4.69, 9.17) is 18.5 Å². The number of hydrogen-bond acceptors (Lipinski definition) is 7. The number of carbonyl (C=O) groups excluding carboxylic acids is 1. The van der Waals surface area contributed by atoms with Crippen LogP contribution >= 0.6 is 7.82 Å². The summed E-state index contributed by atoms with van der Waals surface area (Å²) in [6, 6.07) is 0. The Bertz CT molecular complexity index is 905. The lowest BCUT2D eigenvalue weighted by atomic mass is 10.1. The van der Waals surface area contributed by atoms with Gasteiger partial charge in [-0.1, -0.05) is 147 Å². The normalized spacial score (nSPS) is 14.0. The second-order valence-corrected chi connectivity index (χ2v) is 17.5. The zero-order chi connectivity index (χ0) is 39.1. The average Bonchev–Trinajstić information content (AvgIpc) is 3.11. The fourth-order valence-corrected chi connectivity index (χ4v) is 6.73. The van der Waals surface area contributed by atoms with Crippen LogP contribution in [0.2, 0.25) is 0 Å². The SMILES string of the molecule is CCCCCC/C=C\CCCCCCCCOCC(COP(=O)([O-])OCC[N+](C)(C)C)OC(=O)CCCCCCCCC/C=C\CCCCCCCC.